The summed E-state index contributed by atoms with van der Waals surface area (Å²) in [5.74, 6) is 0.302. The summed E-state index contributed by atoms with van der Waals surface area (Å²) in [6.07, 6.45) is 3.46. The fourth-order valence-electron chi connectivity index (χ4n) is 1.79. The van der Waals surface area contributed by atoms with Crippen LogP contribution in [-0.2, 0) is 0 Å². The van der Waals surface area contributed by atoms with Gasteiger partial charge in [0.15, 0.2) is 5.82 Å². The highest BCUT2D eigenvalue weighted by Gasteiger charge is 2.11. The predicted octanol–water partition coefficient (Wildman–Crippen LogP) is 2.81. The van der Waals surface area contributed by atoms with E-state index >= 15 is 0 Å². The summed E-state index contributed by atoms with van der Waals surface area (Å²) in [5.41, 5.74) is 0.732. The van der Waals surface area contributed by atoms with Gasteiger partial charge in [0.25, 0.3) is 5.91 Å². The first-order valence-corrected chi connectivity index (χ1v) is 7.12. The smallest absolute Gasteiger partial charge is 0.256 e. The summed E-state index contributed by atoms with van der Waals surface area (Å²) in [5, 5.41) is 14.8. The Balaban J connectivity index is 2.16. The summed E-state index contributed by atoms with van der Waals surface area (Å²) >= 11 is 0. The average Bonchev–Trinajstić information content (AvgIpc) is 2.56. The van der Waals surface area contributed by atoms with Gasteiger partial charge in [-0.3, -0.25) is 4.79 Å². The number of carbonyl (C=O) groups excluding carboxylic acids is 1. The number of carbonyl (C=O) groups is 1. The van der Waals surface area contributed by atoms with Crippen LogP contribution in [0.1, 0.15) is 35.7 Å². The third-order valence-electron chi connectivity index (χ3n) is 2.99. The molecular formula is C16H17N5O. The van der Waals surface area contributed by atoms with Crippen LogP contribution in [0.2, 0.25) is 0 Å². The Bertz CT molecular complexity index is 679. The van der Waals surface area contributed by atoms with Gasteiger partial charge in [-0.2, -0.15) is 10.2 Å². The normalized spacial score (nSPS) is 9.82. The molecule has 1 aromatic heterocycles. The fourth-order valence-corrected chi connectivity index (χ4v) is 1.79. The lowest BCUT2D eigenvalue weighted by atomic mass is 10.2. The number of nitriles is 1. The van der Waals surface area contributed by atoms with E-state index in [0.717, 1.165) is 19.4 Å². The van der Waals surface area contributed by atoms with Crippen molar-refractivity contribution in [3.63, 3.8) is 0 Å². The Morgan fingerprint density at radius 3 is 2.77 bits per heavy atom. The number of rotatable bonds is 6. The second kappa shape index (κ2) is 7.74. The summed E-state index contributed by atoms with van der Waals surface area (Å²) in [6, 6.07) is 10.8. The van der Waals surface area contributed by atoms with Gasteiger partial charge in [-0.15, -0.1) is 0 Å². The standard InChI is InChI=1S/C16H17N5O/c1-2-3-9-18-16-19-11-13(10-17)14(21-16)20-15(22)12-7-5-4-6-8-12/h4-8,11H,2-3,9H2,1H3,(H2,18,19,20,21,22). The molecule has 1 aromatic carbocycles. The molecule has 0 atom stereocenters. The first-order chi connectivity index (χ1) is 10.7. The first-order valence-electron chi connectivity index (χ1n) is 7.12. The molecule has 2 rings (SSSR count). The molecule has 6 heteroatoms. The van der Waals surface area contributed by atoms with Gasteiger partial charge in [0.05, 0.1) is 6.20 Å². The maximum absolute atomic E-state index is 12.2. The van der Waals surface area contributed by atoms with Gasteiger partial charge >= 0.3 is 0 Å². The van der Waals surface area contributed by atoms with Gasteiger partial charge in [-0.1, -0.05) is 31.5 Å². The molecule has 2 N–H and O–H groups in total. The second-order valence-corrected chi connectivity index (χ2v) is 4.67. The number of hydrogen-bond donors (Lipinski definition) is 2. The highest BCUT2D eigenvalue weighted by atomic mass is 16.1. The molecule has 0 bridgehead atoms. The third kappa shape index (κ3) is 4.03. The molecule has 6 nitrogen and oxygen atoms in total. The molecule has 0 spiro atoms. The van der Waals surface area contributed by atoms with Crippen molar-refractivity contribution in [1.29, 1.82) is 5.26 Å². The van der Waals surface area contributed by atoms with Crippen molar-refractivity contribution in [3.8, 4) is 6.07 Å². The zero-order chi connectivity index (χ0) is 15.8. The number of hydrogen-bond acceptors (Lipinski definition) is 5. The highest BCUT2D eigenvalue weighted by molar-refractivity contribution is 6.04. The highest BCUT2D eigenvalue weighted by Crippen LogP contribution is 2.14. The van der Waals surface area contributed by atoms with E-state index in [9.17, 15) is 4.79 Å². The first kappa shape index (κ1) is 15.4. The summed E-state index contributed by atoms with van der Waals surface area (Å²) in [7, 11) is 0. The van der Waals surface area contributed by atoms with Gasteiger partial charge in [0, 0.05) is 12.1 Å². The molecule has 0 saturated carbocycles. The Kier molecular flexibility index (Phi) is 5.44. The van der Waals surface area contributed by atoms with E-state index in [0.29, 0.717) is 11.5 Å². The van der Waals surface area contributed by atoms with Crippen LogP contribution in [0, 0.1) is 11.3 Å². The molecule has 0 aliphatic carbocycles. The van der Waals surface area contributed by atoms with E-state index in [1.807, 2.05) is 12.1 Å². The summed E-state index contributed by atoms with van der Waals surface area (Å²) in [6.45, 7) is 2.83. The van der Waals surface area contributed by atoms with E-state index in [4.69, 9.17) is 5.26 Å². The van der Waals surface area contributed by atoms with Gasteiger partial charge in [-0.25, -0.2) is 4.98 Å². The minimum atomic E-state index is -0.310. The maximum Gasteiger partial charge on any atom is 0.256 e. The molecule has 1 heterocycles. The SMILES string of the molecule is CCCCNc1ncc(C#N)c(NC(=O)c2ccccc2)n1. The topological polar surface area (TPSA) is 90.7 Å². The van der Waals surface area contributed by atoms with Crippen molar-refractivity contribution >= 4 is 17.7 Å². The number of nitrogens with zero attached hydrogens (tertiary/aromatic N) is 3. The molecule has 1 amide bonds. The van der Waals surface area contributed by atoms with E-state index in [1.165, 1.54) is 6.20 Å². The van der Waals surface area contributed by atoms with Crippen molar-refractivity contribution in [1.82, 2.24) is 9.97 Å². The number of nitrogens with one attached hydrogen (secondary N) is 2. The fraction of sp³-hybridized carbons (Fsp3) is 0.250. The molecule has 0 saturated heterocycles. The number of amides is 1. The number of benzene rings is 1. The van der Waals surface area contributed by atoms with Crippen LogP contribution in [0.3, 0.4) is 0 Å². The summed E-state index contributed by atoms with van der Waals surface area (Å²) < 4.78 is 0. The number of anilines is 2. The quantitative estimate of drug-likeness (QED) is 0.800. The lowest BCUT2D eigenvalue weighted by Crippen LogP contribution is -2.15. The summed E-state index contributed by atoms with van der Waals surface area (Å²) in [4.78, 5) is 20.4. The molecular weight excluding hydrogens is 278 g/mol. The molecule has 2 aromatic rings. The van der Waals surface area contributed by atoms with Crippen molar-refractivity contribution in [3.05, 3.63) is 47.7 Å². The number of unbranched alkanes of at least 4 members (excludes halogenated alkanes) is 1. The molecule has 0 aliphatic rings. The lowest BCUT2D eigenvalue weighted by Gasteiger charge is -2.09. The molecule has 0 unspecified atom stereocenters. The van der Waals surface area contributed by atoms with Gasteiger partial charge in [0.2, 0.25) is 5.95 Å². The predicted molar refractivity (Wildman–Crippen MR) is 84.5 cm³/mol. The van der Waals surface area contributed by atoms with E-state index in [1.54, 1.807) is 24.3 Å². The average molecular weight is 295 g/mol. The molecule has 22 heavy (non-hydrogen) atoms. The van der Waals surface area contributed by atoms with Crippen LogP contribution >= 0.6 is 0 Å². The minimum absolute atomic E-state index is 0.213. The minimum Gasteiger partial charge on any atom is -0.354 e. The van der Waals surface area contributed by atoms with Crippen molar-refractivity contribution in [2.45, 2.75) is 19.8 Å². The van der Waals surface area contributed by atoms with Gasteiger partial charge in [0.1, 0.15) is 11.6 Å². The zero-order valence-corrected chi connectivity index (χ0v) is 12.3. The largest absolute Gasteiger partial charge is 0.354 e. The van der Waals surface area contributed by atoms with Crippen molar-refractivity contribution in [2.75, 3.05) is 17.2 Å². The van der Waals surface area contributed by atoms with Crippen LogP contribution in [0.25, 0.3) is 0 Å². The molecule has 0 fully saturated rings. The van der Waals surface area contributed by atoms with E-state index in [2.05, 4.69) is 27.5 Å². The molecule has 0 aliphatic heterocycles. The zero-order valence-electron chi connectivity index (χ0n) is 12.3. The molecule has 112 valence electrons. The van der Waals surface area contributed by atoms with Gasteiger partial charge in [-0.05, 0) is 18.6 Å². The number of aromatic nitrogens is 2. The lowest BCUT2D eigenvalue weighted by molar-refractivity contribution is 0.102. The van der Waals surface area contributed by atoms with E-state index in [-0.39, 0.29) is 17.3 Å². The Morgan fingerprint density at radius 2 is 2.09 bits per heavy atom. The van der Waals surface area contributed by atoms with Crippen LogP contribution in [0.4, 0.5) is 11.8 Å². The third-order valence-corrected chi connectivity index (χ3v) is 2.99. The monoisotopic (exact) mass is 295 g/mol. The molecule has 0 radical (unpaired) electrons. The van der Waals surface area contributed by atoms with Crippen LogP contribution in [0.15, 0.2) is 36.5 Å². The van der Waals surface area contributed by atoms with Crippen molar-refractivity contribution < 1.29 is 4.79 Å². The van der Waals surface area contributed by atoms with Gasteiger partial charge < -0.3 is 10.6 Å². The Morgan fingerprint density at radius 1 is 1.32 bits per heavy atom. The second-order valence-electron chi connectivity index (χ2n) is 4.67. The van der Waals surface area contributed by atoms with Crippen LogP contribution in [0.5, 0.6) is 0 Å². The van der Waals surface area contributed by atoms with Crippen LogP contribution < -0.4 is 10.6 Å². The van der Waals surface area contributed by atoms with Crippen LogP contribution in [-0.4, -0.2) is 22.4 Å². The Hall–Kier alpha value is -2.94. The van der Waals surface area contributed by atoms with E-state index < -0.39 is 0 Å². The van der Waals surface area contributed by atoms with Crippen molar-refractivity contribution in [2.24, 2.45) is 0 Å². The maximum atomic E-state index is 12.2. The Labute approximate surface area is 129 Å².